The summed E-state index contributed by atoms with van der Waals surface area (Å²) >= 11 is 0. The van der Waals surface area contributed by atoms with Gasteiger partial charge in [0.2, 0.25) is 23.7 Å². The monoisotopic (exact) mass is 664 g/mol. The van der Waals surface area contributed by atoms with E-state index < -0.39 is 0 Å². The van der Waals surface area contributed by atoms with Gasteiger partial charge in [0.15, 0.2) is 17.7 Å². The molecule has 5 unspecified atom stereocenters. The van der Waals surface area contributed by atoms with E-state index in [0.29, 0.717) is 4.48 Å². The molecule has 2 spiro atoms. The third-order valence-electron chi connectivity index (χ3n) is 12.2. The quantitative estimate of drug-likeness (QED) is 0.177. The standard InChI is InChI=1S/C43H34N7O/c1-46-35(30-19-21-32(44-23-30)28-11-5-3-6-12-28)25-47-34-15-9-17-38-40(34)50(42(46)47)41-36(16-10-18-39(41)51-38)49-26-37(48(2,27-49)43(49)50)31-20-22-33(45-24-31)29-13-7-4-8-14-29/h3-26,42-43H,27H2,1-2H3/q+3. The first-order chi connectivity index (χ1) is 25.0. The maximum absolute atomic E-state index is 6.81. The van der Waals surface area contributed by atoms with Crippen LogP contribution in [-0.4, -0.2) is 52.7 Å². The fourth-order valence-corrected chi connectivity index (χ4v) is 10.5. The lowest BCUT2D eigenvalue weighted by molar-refractivity contribution is -0.937. The Morgan fingerprint density at radius 2 is 1.31 bits per heavy atom. The summed E-state index contributed by atoms with van der Waals surface area (Å²) in [5.41, 5.74) is 14.1. The summed E-state index contributed by atoms with van der Waals surface area (Å²) in [5.74, 6) is 1.90. The molecule has 6 aromatic rings. The molecule has 8 heteroatoms. The van der Waals surface area contributed by atoms with Gasteiger partial charge in [-0.25, -0.2) is 0 Å². The zero-order valence-corrected chi connectivity index (χ0v) is 28.3. The molecule has 2 aromatic heterocycles. The first-order valence-electron chi connectivity index (χ1n) is 17.6. The third-order valence-corrected chi connectivity index (χ3v) is 12.2. The molecule has 0 radical (unpaired) electrons. The summed E-state index contributed by atoms with van der Waals surface area (Å²) in [6.45, 7) is 0.954. The maximum Gasteiger partial charge on any atom is 0.379 e. The molecule has 1 fully saturated rings. The highest BCUT2D eigenvalue weighted by molar-refractivity contribution is 5.99. The third kappa shape index (κ3) is 3.14. The lowest BCUT2D eigenvalue weighted by Gasteiger charge is -2.53. The van der Waals surface area contributed by atoms with Gasteiger partial charge in [-0.05, 0) is 42.5 Å². The second kappa shape index (κ2) is 9.18. The minimum absolute atomic E-state index is 0.0390. The molecule has 8 nitrogen and oxygen atoms in total. The predicted octanol–water partition coefficient (Wildman–Crippen LogP) is 8.64. The highest BCUT2D eigenvalue weighted by Gasteiger charge is 2.91. The Hall–Kier alpha value is -6.06. The fraction of sp³-hybridized carbons (Fsp3) is 0.116. The molecule has 4 aromatic carbocycles. The summed E-state index contributed by atoms with van der Waals surface area (Å²) in [6.07, 6.45) is 9.07. The number of benzene rings is 4. The van der Waals surface area contributed by atoms with Crippen LogP contribution in [0.2, 0.25) is 0 Å². The van der Waals surface area contributed by atoms with Crippen molar-refractivity contribution in [3.63, 3.8) is 0 Å². The van der Waals surface area contributed by atoms with E-state index in [1.165, 1.54) is 34.0 Å². The van der Waals surface area contributed by atoms with Gasteiger partial charge in [-0.2, -0.15) is 0 Å². The van der Waals surface area contributed by atoms with Gasteiger partial charge >= 0.3 is 6.29 Å². The van der Waals surface area contributed by atoms with Gasteiger partial charge in [-0.1, -0.05) is 72.8 Å². The number of pyridine rings is 2. The van der Waals surface area contributed by atoms with Crippen molar-refractivity contribution in [2.45, 2.75) is 12.6 Å². The number of hydrogen-bond acceptors (Lipinski definition) is 5. The molecule has 13 rings (SSSR count). The van der Waals surface area contributed by atoms with E-state index in [2.05, 4.69) is 152 Å². The van der Waals surface area contributed by atoms with Crippen molar-refractivity contribution < 1.29 is 9.22 Å². The Morgan fingerprint density at radius 3 is 1.98 bits per heavy atom. The Balaban J connectivity index is 1.02. The van der Waals surface area contributed by atoms with E-state index in [1.807, 2.05) is 18.3 Å². The molecular formula is C43H34N7O+3. The second-order valence-electron chi connectivity index (χ2n) is 14.8. The molecule has 7 aliphatic heterocycles. The zero-order chi connectivity index (χ0) is 33.7. The summed E-state index contributed by atoms with van der Waals surface area (Å²) in [5, 5.41) is 0. The van der Waals surface area contributed by atoms with E-state index >= 15 is 0 Å². The molecule has 5 atom stereocenters. The summed E-state index contributed by atoms with van der Waals surface area (Å²) in [6, 6.07) is 42.9. The van der Waals surface area contributed by atoms with Crippen LogP contribution in [-0.2, 0) is 0 Å². The lowest BCUT2D eigenvalue weighted by Crippen LogP contribution is -2.86. The lowest BCUT2D eigenvalue weighted by atomic mass is 10.1. The van der Waals surface area contributed by atoms with Gasteiger partial charge in [0.1, 0.15) is 5.69 Å². The van der Waals surface area contributed by atoms with Crippen LogP contribution >= 0.6 is 0 Å². The van der Waals surface area contributed by atoms with Crippen molar-refractivity contribution in [1.82, 2.24) is 23.8 Å². The van der Waals surface area contributed by atoms with Gasteiger partial charge in [-0.15, -0.1) is 13.4 Å². The first-order valence-corrected chi connectivity index (χ1v) is 17.6. The molecule has 1 saturated heterocycles. The molecule has 9 heterocycles. The summed E-state index contributed by atoms with van der Waals surface area (Å²) < 4.78 is 9.07. The molecule has 7 aliphatic rings. The highest BCUT2D eigenvalue weighted by atomic mass is 16.5. The van der Waals surface area contributed by atoms with E-state index in [9.17, 15) is 0 Å². The number of quaternary nitrogens is 3. The van der Waals surface area contributed by atoms with Crippen molar-refractivity contribution in [3.05, 3.63) is 157 Å². The first kappa shape index (κ1) is 27.7. The van der Waals surface area contributed by atoms with Crippen LogP contribution < -0.4 is 18.6 Å². The van der Waals surface area contributed by atoms with Crippen molar-refractivity contribution >= 4 is 34.1 Å². The van der Waals surface area contributed by atoms with Crippen LogP contribution in [0.4, 0.5) is 22.7 Å². The number of rotatable bonds is 4. The fourth-order valence-electron chi connectivity index (χ4n) is 10.5. The van der Waals surface area contributed by atoms with Gasteiger partial charge in [0.25, 0.3) is 12.0 Å². The SMILES string of the molecule is CN1C(c2ccc(-c3ccccc3)nc2)=CN2c3cccc4c3[N+]3(c5c(cccc5[N+]56C=C(c7ccc(-c8ccccc8)nc7)[N+](C)(C5)C63)O4)C12. The molecule has 2 bridgehead atoms. The van der Waals surface area contributed by atoms with Crippen LogP contribution in [0.3, 0.4) is 0 Å². The van der Waals surface area contributed by atoms with E-state index in [-0.39, 0.29) is 12.6 Å². The van der Waals surface area contributed by atoms with Crippen molar-refractivity contribution in [2.75, 3.05) is 25.7 Å². The van der Waals surface area contributed by atoms with Crippen LogP contribution in [0, 0.1) is 0 Å². The van der Waals surface area contributed by atoms with E-state index in [4.69, 9.17) is 14.7 Å². The van der Waals surface area contributed by atoms with E-state index in [0.717, 1.165) is 60.9 Å². The minimum atomic E-state index is -0.0390. The molecule has 0 N–H and O–H groups in total. The average Bonchev–Trinajstić information content (AvgIpc) is 3.90. The molecule has 51 heavy (non-hydrogen) atoms. The maximum atomic E-state index is 6.81. The molecule has 0 aliphatic carbocycles. The highest BCUT2D eigenvalue weighted by Crippen LogP contribution is 2.76. The number of anilines is 1. The number of nitrogens with zero attached hydrogens (tertiary/aromatic N) is 7. The van der Waals surface area contributed by atoms with Crippen molar-refractivity contribution in [3.8, 4) is 34.0 Å². The largest absolute Gasteiger partial charge is 0.444 e. The van der Waals surface area contributed by atoms with Crippen LogP contribution in [0.5, 0.6) is 11.5 Å². The molecule has 0 amide bonds. The average molecular weight is 665 g/mol. The number of fused-ring (bicyclic) bond motifs is 2. The molecule has 0 saturated carbocycles. The minimum Gasteiger partial charge on any atom is -0.444 e. The molecule has 244 valence electrons. The van der Waals surface area contributed by atoms with Gasteiger partial charge < -0.3 is 9.64 Å². The van der Waals surface area contributed by atoms with Crippen LogP contribution in [0.1, 0.15) is 11.1 Å². The van der Waals surface area contributed by atoms with Crippen molar-refractivity contribution in [2.24, 2.45) is 0 Å². The topological polar surface area (TPSA) is 41.5 Å². The smallest absolute Gasteiger partial charge is 0.379 e. The van der Waals surface area contributed by atoms with Gasteiger partial charge in [0.05, 0.1) is 29.7 Å². The second-order valence-corrected chi connectivity index (χ2v) is 14.8. The number of para-hydroxylation sites is 2. The van der Waals surface area contributed by atoms with E-state index in [1.54, 1.807) is 0 Å². The number of hydrogen-bond donors (Lipinski definition) is 0. The number of aromatic nitrogens is 2. The summed E-state index contributed by atoms with van der Waals surface area (Å²) in [7, 11) is 4.69. The Labute approximate surface area is 296 Å². The Kier molecular flexibility index (Phi) is 4.99. The number of ether oxygens (including phenoxy) is 1. The summed E-state index contributed by atoms with van der Waals surface area (Å²) in [4.78, 5) is 14.9. The molecular weight excluding hydrogens is 631 g/mol. The van der Waals surface area contributed by atoms with Gasteiger partial charge in [0, 0.05) is 48.4 Å². The van der Waals surface area contributed by atoms with Gasteiger partial charge in [-0.3, -0.25) is 14.9 Å². The predicted molar refractivity (Wildman–Crippen MR) is 200 cm³/mol. The Bertz CT molecular complexity index is 2530. The van der Waals surface area contributed by atoms with Crippen LogP contribution in [0.15, 0.2) is 146 Å². The normalized spacial score (nSPS) is 27.9. The van der Waals surface area contributed by atoms with Crippen molar-refractivity contribution in [1.29, 1.82) is 0 Å². The Morgan fingerprint density at radius 1 is 0.667 bits per heavy atom. The van der Waals surface area contributed by atoms with Crippen LogP contribution in [0.25, 0.3) is 33.9 Å². The zero-order valence-electron chi connectivity index (χ0n) is 28.3.